The van der Waals surface area contributed by atoms with Crippen molar-refractivity contribution < 1.29 is 24.5 Å². The van der Waals surface area contributed by atoms with Crippen molar-refractivity contribution >= 4 is 11.9 Å². The quantitative estimate of drug-likeness (QED) is 0.0322. The average molecular weight is 862 g/mol. The van der Waals surface area contributed by atoms with Gasteiger partial charge in [0.1, 0.15) is 0 Å². The fourth-order valence-electron chi connectivity index (χ4n) is 8.58. The van der Waals surface area contributed by atoms with E-state index in [0.717, 1.165) is 38.5 Å². The number of hydrogen-bond acceptors (Lipinski definition) is 5. The van der Waals surface area contributed by atoms with Crippen LogP contribution in [0.3, 0.4) is 0 Å². The third kappa shape index (κ3) is 47.9. The number of amides is 1. The molecule has 61 heavy (non-hydrogen) atoms. The molecule has 0 radical (unpaired) electrons. The van der Waals surface area contributed by atoms with Crippen LogP contribution >= 0.6 is 0 Å². The lowest BCUT2D eigenvalue weighted by Gasteiger charge is -2.22. The molecule has 0 aliphatic rings. The van der Waals surface area contributed by atoms with Crippen LogP contribution in [0.2, 0.25) is 0 Å². The Morgan fingerprint density at radius 3 is 1.16 bits per heavy atom. The van der Waals surface area contributed by atoms with Crippen molar-refractivity contribution in [1.29, 1.82) is 0 Å². The van der Waals surface area contributed by atoms with Crippen LogP contribution in [0, 0.1) is 0 Å². The van der Waals surface area contributed by atoms with E-state index >= 15 is 0 Å². The van der Waals surface area contributed by atoms with Crippen molar-refractivity contribution in [2.75, 3.05) is 13.2 Å². The second-order valence-electron chi connectivity index (χ2n) is 18.9. The molecule has 0 saturated carbocycles. The lowest BCUT2D eigenvalue weighted by Crippen LogP contribution is -2.45. The number of nitrogens with one attached hydrogen (secondary N) is 1. The molecule has 0 saturated heterocycles. The summed E-state index contributed by atoms with van der Waals surface area (Å²) in [5.74, 6) is -0.0386. The highest BCUT2D eigenvalue weighted by atomic mass is 16.5. The van der Waals surface area contributed by atoms with Crippen molar-refractivity contribution in [3.8, 4) is 0 Å². The van der Waals surface area contributed by atoms with Gasteiger partial charge in [0.25, 0.3) is 0 Å². The molecule has 2 atom stereocenters. The number of rotatable bonds is 51. The summed E-state index contributed by atoms with van der Waals surface area (Å²) in [5, 5.41) is 23.1. The van der Waals surface area contributed by atoms with E-state index in [4.69, 9.17) is 4.74 Å². The first kappa shape index (κ1) is 59.6. The first-order valence-corrected chi connectivity index (χ1v) is 27.4. The molecular formula is C55H107NO5. The van der Waals surface area contributed by atoms with Crippen molar-refractivity contribution in [2.45, 2.75) is 315 Å². The van der Waals surface area contributed by atoms with Crippen molar-refractivity contribution in [1.82, 2.24) is 5.32 Å². The molecule has 0 aliphatic heterocycles. The Labute approximate surface area is 380 Å². The molecular weight excluding hydrogens is 755 g/mol. The third-order valence-corrected chi connectivity index (χ3v) is 12.8. The molecule has 0 aromatic rings. The Kier molecular flexibility index (Phi) is 50.1. The van der Waals surface area contributed by atoms with Gasteiger partial charge in [-0.3, -0.25) is 9.59 Å². The molecule has 6 heteroatoms. The molecule has 0 rings (SSSR count). The minimum atomic E-state index is -0.667. The van der Waals surface area contributed by atoms with Crippen LogP contribution < -0.4 is 5.32 Å². The number of unbranched alkanes of at least 4 members (excludes halogenated alkanes) is 38. The van der Waals surface area contributed by atoms with E-state index < -0.39 is 12.1 Å². The maximum Gasteiger partial charge on any atom is 0.305 e. The van der Waals surface area contributed by atoms with Gasteiger partial charge in [-0.05, 0) is 51.4 Å². The topological polar surface area (TPSA) is 95.9 Å². The first-order chi connectivity index (χ1) is 30.0. The van der Waals surface area contributed by atoms with E-state index in [1.807, 2.05) is 0 Å². The van der Waals surface area contributed by atoms with Gasteiger partial charge < -0.3 is 20.3 Å². The van der Waals surface area contributed by atoms with Crippen LogP contribution in [0.4, 0.5) is 0 Å². The van der Waals surface area contributed by atoms with Crippen molar-refractivity contribution in [3.05, 3.63) is 12.2 Å². The lowest BCUT2D eigenvalue weighted by atomic mass is 10.0. The summed E-state index contributed by atoms with van der Waals surface area (Å²) in [6, 6.07) is -0.546. The van der Waals surface area contributed by atoms with E-state index in [1.165, 1.54) is 231 Å². The molecule has 0 aliphatic carbocycles. The molecule has 0 fully saturated rings. The van der Waals surface area contributed by atoms with E-state index in [-0.39, 0.29) is 18.5 Å². The summed E-state index contributed by atoms with van der Waals surface area (Å²) in [6.45, 7) is 4.94. The number of ether oxygens (including phenoxy) is 1. The highest BCUT2D eigenvalue weighted by Gasteiger charge is 2.20. The van der Waals surface area contributed by atoms with Gasteiger partial charge in [-0.15, -0.1) is 0 Å². The Hall–Kier alpha value is -1.40. The SMILES string of the molecule is CCCCCCCCCCCCCCCCCC(=O)OCCCCCCCCCC/C=C\CCCCCCCCCC(=O)NC(CO)C(O)CCCCCCCCCCCC. The molecule has 0 aromatic heterocycles. The Bertz CT molecular complexity index is 909. The zero-order chi connectivity index (χ0) is 44.4. The largest absolute Gasteiger partial charge is 0.466 e. The third-order valence-electron chi connectivity index (χ3n) is 12.8. The highest BCUT2D eigenvalue weighted by Crippen LogP contribution is 2.17. The number of carbonyl (C=O) groups is 2. The highest BCUT2D eigenvalue weighted by molar-refractivity contribution is 5.76. The summed E-state index contributed by atoms with van der Waals surface area (Å²) in [4.78, 5) is 24.4. The van der Waals surface area contributed by atoms with E-state index in [2.05, 4.69) is 31.3 Å². The fourth-order valence-corrected chi connectivity index (χ4v) is 8.58. The second kappa shape index (κ2) is 51.2. The van der Waals surface area contributed by atoms with Crippen LogP contribution in [0.25, 0.3) is 0 Å². The fraction of sp³-hybridized carbons (Fsp3) is 0.927. The molecule has 362 valence electrons. The van der Waals surface area contributed by atoms with Gasteiger partial charge in [-0.1, -0.05) is 251 Å². The Morgan fingerprint density at radius 2 is 0.770 bits per heavy atom. The standard InChI is InChI=1S/C55H107NO5/c1-3-5-7-9-11-13-15-16-22-26-29-33-37-41-45-49-55(60)61-50-46-42-38-34-30-27-24-21-19-17-18-20-23-25-28-32-36-40-44-48-54(59)56-52(51-57)53(58)47-43-39-35-31-14-12-10-8-6-4-2/h17-18,52-53,57-58H,3-16,19-51H2,1-2H3,(H,56,59)/b18-17-. The zero-order valence-electron chi connectivity index (χ0n) is 41.2. The van der Waals surface area contributed by atoms with Gasteiger partial charge in [-0.2, -0.15) is 0 Å². The summed E-state index contributed by atoms with van der Waals surface area (Å²) in [6.07, 6.45) is 59.1. The summed E-state index contributed by atoms with van der Waals surface area (Å²) >= 11 is 0. The Morgan fingerprint density at radius 1 is 0.443 bits per heavy atom. The molecule has 0 heterocycles. The van der Waals surface area contributed by atoms with Gasteiger partial charge in [0.05, 0.1) is 25.4 Å². The van der Waals surface area contributed by atoms with Gasteiger partial charge in [0.2, 0.25) is 5.91 Å². The van der Waals surface area contributed by atoms with E-state index in [0.29, 0.717) is 25.9 Å². The van der Waals surface area contributed by atoms with Crippen molar-refractivity contribution in [3.63, 3.8) is 0 Å². The lowest BCUT2D eigenvalue weighted by molar-refractivity contribution is -0.143. The molecule has 0 spiro atoms. The molecule has 3 N–H and O–H groups in total. The van der Waals surface area contributed by atoms with Crippen LogP contribution in [0.15, 0.2) is 12.2 Å². The molecule has 0 aromatic carbocycles. The summed E-state index contributed by atoms with van der Waals surface area (Å²) in [5.41, 5.74) is 0. The number of aliphatic hydroxyl groups is 2. The molecule has 0 bridgehead atoms. The smallest absolute Gasteiger partial charge is 0.305 e. The summed E-state index contributed by atoms with van der Waals surface area (Å²) < 4.78 is 5.48. The van der Waals surface area contributed by atoms with Gasteiger partial charge >= 0.3 is 5.97 Å². The summed E-state index contributed by atoms with van der Waals surface area (Å²) in [7, 11) is 0. The number of carbonyl (C=O) groups excluding carboxylic acids is 2. The minimum absolute atomic E-state index is 0.00693. The maximum absolute atomic E-state index is 12.4. The van der Waals surface area contributed by atoms with Gasteiger partial charge in [-0.25, -0.2) is 0 Å². The average Bonchev–Trinajstić information content (AvgIpc) is 3.26. The van der Waals surface area contributed by atoms with Crippen LogP contribution in [-0.2, 0) is 14.3 Å². The molecule has 6 nitrogen and oxygen atoms in total. The van der Waals surface area contributed by atoms with Gasteiger partial charge in [0.15, 0.2) is 0 Å². The predicted octanol–water partition coefficient (Wildman–Crippen LogP) is 16.5. The van der Waals surface area contributed by atoms with E-state index in [9.17, 15) is 19.8 Å². The number of aliphatic hydroxyl groups excluding tert-OH is 2. The van der Waals surface area contributed by atoms with Crippen LogP contribution in [0.5, 0.6) is 0 Å². The van der Waals surface area contributed by atoms with Crippen LogP contribution in [-0.4, -0.2) is 47.4 Å². The van der Waals surface area contributed by atoms with Gasteiger partial charge in [0, 0.05) is 12.8 Å². The molecule has 1 amide bonds. The Balaban J connectivity index is 3.40. The monoisotopic (exact) mass is 862 g/mol. The maximum atomic E-state index is 12.4. The number of esters is 1. The number of hydrogen-bond donors (Lipinski definition) is 3. The predicted molar refractivity (Wildman–Crippen MR) is 264 cm³/mol. The molecule has 2 unspecified atom stereocenters. The minimum Gasteiger partial charge on any atom is -0.466 e. The first-order valence-electron chi connectivity index (χ1n) is 27.4. The zero-order valence-corrected chi connectivity index (χ0v) is 41.2. The van der Waals surface area contributed by atoms with Crippen molar-refractivity contribution in [2.24, 2.45) is 0 Å². The van der Waals surface area contributed by atoms with Crippen LogP contribution in [0.1, 0.15) is 303 Å². The van der Waals surface area contributed by atoms with E-state index in [1.54, 1.807) is 0 Å². The second-order valence-corrected chi connectivity index (χ2v) is 18.9. The normalized spacial score (nSPS) is 12.7. The number of allylic oxidation sites excluding steroid dienone is 2.